The van der Waals surface area contributed by atoms with Gasteiger partial charge in [-0.15, -0.1) is 0 Å². The van der Waals surface area contributed by atoms with Crippen molar-refractivity contribution in [2.45, 2.75) is 52.5 Å². The summed E-state index contributed by atoms with van der Waals surface area (Å²) >= 11 is 0. The molecule has 0 radical (unpaired) electrons. The lowest BCUT2D eigenvalue weighted by Gasteiger charge is -2.08. The quantitative estimate of drug-likeness (QED) is 0.685. The van der Waals surface area contributed by atoms with Gasteiger partial charge in [-0.25, -0.2) is 4.68 Å². The highest BCUT2D eigenvalue weighted by Gasteiger charge is 2.09. The first-order valence-electron chi connectivity index (χ1n) is 8.97. The maximum atomic E-state index is 12.3. The van der Waals surface area contributed by atoms with Crippen molar-refractivity contribution >= 4 is 16.7 Å². The molecule has 25 heavy (non-hydrogen) atoms. The summed E-state index contributed by atoms with van der Waals surface area (Å²) in [6.45, 7) is 4.86. The van der Waals surface area contributed by atoms with Gasteiger partial charge in [0.1, 0.15) is 6.54 Å². The molecule has 0 spiro atoms. The van der Waals surface area contributed by atoms with Crippen LogP contribution < -0.4 is 16.4 Å². The average Bonchev–Trinajstić information content (AvgIpc) is 2.58. The van der Waals surface area contributed by atoms with Crippen molar-refractivity contribution in [1.29, 1.82) is 0 Å². The molecule has 0 fully saturated rings. The lowest BCUT2D eigenvalue weighted by atomic mass is 10.0. The Bertz CT molecular complexity index is 821. The van der Waals surface area contributed by atoms with Gasteiger partial charge in [-0.2, -0.15) is 0 Å². The molecule has 136 valence electrons. The van der Waals surface area contributed by atoms with E-state index in [9.17, 15) is 14.4 Å². The summed E-state index contributed by atoms with van der Waals surface area (Å²) in [6.07, 6.45) is 5.64. The molecular formula is C19H27N3O3. The second-order valence-corrected chi connectivity index (χ2v) is 6.82. The SMILES string of the molecule is CC(C)CCCCCCNC(=O)Cn1[nH]c(=O)c2ccccc2c1=O. The number of rotatable bonds is 9. The molecule has 6 heteroatoms. The van der Waals surface area contributed by atoms with Crippen LogP contribution >= 0.6 is 0 Å². The van der Waals surface area contributed by atoms with E-state index < -0.39 is 0 Å². The van der Waals surface area contributed by atoms with Crippen LogP contribution in [0.1, 0.15) is 46.0 Å². The summed E-state index contributed by atoms with van der Waals surface area (Å²) in [7, 11) is 0. The summed E-state index contributed by atoms with van der Waals surface area (Å²) in [5.74, 6) is 0.470. The van der Waals surface area contributed by atoms with E-state index in [0.29, 0.717) is 17.3 Å². The number of aromatic amines is 1. The average molecular weight is 345 g/mol. The summed E-state index contributed by atoms with van der Waals surface area (Å²) in [6, 6.07) is 6.60. The Labute approximate surface area is 147 Å². The third-order valence-corrected chi connectivity index (χ3v) is 4.22. The molecule has 2 rings (SSSR count). The number of amides is 1. The normalized spacial score (nSPS) is 11.2. The standard InChI is InChI=1S/C19H27N3O3/c1-14(2)9-5-3-4-8-12-20-17(23)13-22-19(25)16-11-7-6-10-15(16)18(24)21-22/h6-7,10-11,14H,3-5,8-9,12-13H2,1-2H3,(H,20,23)(H,21,24). The van der Waals surface area contributed by atoms with Crippen molar-refractivity contribution in [2.24, 2.45) is 5.92 Å². The molecule has 0 saturated carbocycles. The van der Waals surface area contributed by atoms with Crippen LogP contribution in [-0.4, -0.2) is 22.2 Å². The Morgan fingerprint density at radius 1 is 1.08 bits per heavy atom. The molecule has 0 aliphatic rings. The van der Waals surface area contributed by atoms with Crippen LogP contribution in [-0.2, 0) is 11.3 Å². The lowest BCUT2D eigenvalue weighted by Crippen LogP contribution is -2.37. The molecular weight excluding hydrogens is 318 g/mol. The van der Waals surface area contributed by atoms with Crippen molar-refractivity contribution in [3.8, 4) is 0 Å². The number of carbonyl (C=O) groups excluding carboxylic acids is 1. The van der Waals surface area contributed by atoms with E-state index >= 15 is 0 Å². The molecule has 2 N–H and O–H groups in total. The van der Waals surface area contributed by atoms with Crippen molar-refractivity contribution in [2.75, 3.05) is 6.54 Å². The summed E-state index contributed by atoms with van der Waals surface area (Å²) in [5, 5.41) is 5.93. The van der Waals surface area contributed by atoms with E-state index in [0.717, 1.165) is 23.4 Å². The molecule has 1 heterocycles. The van der Waals surface area contributed by atoms with Gasteiger partial charge < -0.3 is 5.32 Å². The van der Waals surface area contributed by atoms with Crippen LogP contribution in [0.3, 0.4) is 0 Å². The van der Waals surface area contributed by atoms with E-state index in [1.165, 1.54) is 19.3 Å². The number of fused-ring (bicyclic) bond motifs is 1. The van der Waals surface area contributed by atoms with Gasteiger partial charge in [0.15, 0.2) is 0 Å². The number of carbonyl (C=O) groups is 1. The van der Waals surface area contributed by atoms with Crippen LogP contribution in [0.2, 0.25) is 0 Å². The topological polar surface area (TPSA) is 84.0 Å². The first-order chi connectivity index (χ1) is 12.0. The molecule has 2 aromatic rings. The highest BCUT2D eigenvalue weighted by Crippen LogP contribution is 2.09. The molecule has 0 saturated heterocycles. The third-order valence-electron chi connectivity index (χ3n) is 4.22. The van der Waals surface area contributed by atoms with Crippen molar-refractivity contribution in [3.05, 3.63) is 45.0 Å². The first kappa shape index (κ1) is 19.0. The molecule has 6 nitrogen and oxygen atoms in total. The number of benzene rings is 1. The zero-order valence-electron chi connectivity index (χ0n) is 15.0. The number of hydrogen-bond donors (Lipinski definition) is 2. The predicted octanol–water partition coefficient (Wildman–Crippen LogP) is 2.41. The molecule has 1 aromatic carbocycles. The minimum Gasteiger partial charge on any atom is -0.354 e. The van der Waals surface area contributed by atoms with Gasteiger partial charge in [-0.05, 0) is 24.5 Å². The number of nitrogens with zero attached hydrogens (tertiary/aromatic N) is 1. The smallest absolute Gasteiger partial charge is 0.273 e. The minimum atomic E-state index is -0.367. The van der Waals surface area contributed by atoms with E-state index in [-0.39, 0.29) is 23.6 Å². The first-order valence-corrected chi connectivity index (χ1v) is 8.97. The second kappa shape index (κ2) is 9.20. The van der Waals surface area contributed by atoms with Gasteiger partial charge in [0.05, 0.1) is 10.8 Å². The fourth-order valence-electron chi connectivity index (χ4n) is 2.82. The molecule has 0 atom stereocenters. The fraction of sp³-hybridized carbons (Fsp3) is 0.526. The van der Waals surface area contributed by atoms with E-state index in [1.54, 1.807) is 24.3 Å². The maximum Gasteiger partial charge on any atom is 0.273 e. The van der Waals surface area contributed by atoms with Crippen molar-refractivity contribution in [3.63, 3.8) is 0 Å². The van der Waals surface area contributed by atoms with Gasteiger partial charge in [0.25, 0.3) is 11.1 Å². The van der Waals surface area contributed by atoms with Crippen molar-refractivity contribution < 1.29 is 4.79 Å². The molecule has 1 aromatic heterocycles. The highest BCUT2D eigenvalue weighted by atomic mass is 16.2. The van der Waals surface area contributed by atoms with Crippen LogP contribution in [0.15, 0.2) is 33.9 Å². The Morgan fingerprint density at radius 3 is 2.48 bits per heavy atom. The number of H-pyrrole nitrogens is 1. The van der Waals surface area contributed by atoms with Gasteiger partial charge in [-0.3, -0.25) is 19.5 Å². The number of nitrogens with one attached hydrogen (secondary N) is 2. The highest BCUT2D eigenvalue weighted by molar-refractivity contribution is 5.81. The van der Waals surface area contributed by atoms with Crippen LogP contribution in [0.25, 0.3) is 10.8 Å². The number of hydrogen-bond acceptors (Lipinski definition) is 3. The Morgan fingerprint density at radius 2 is 1.76 bits per heavy atom. The minimum absolute atomic E-state index is 0.174. The predicted molar refractivity (Wildman–Crippen MR) is 99.8 cm³/mol. The molecule has 0 bridgehead atoms. The van der Waals surface area contributed by atoms with E-state index in [1.807, 2.05) is 0 Å². The Balaban J connectivity index is 1.83. The molecule has 0 aliphatic carbocycles. The largest absolute Gasteiger partial charge is 0.354 e. The van der Waals surface area contributed by atoms with Crippen LogP contribution in [0, 0.1) is 5.92 Å². The summed E-state index contributed by atoms with van der Waals surface area (Å²) in [5.41, 5.74) is -0.729. The second-order valence-electron chi connectivity index (χ2n) is 6.82. The number of aromatic nitrogens is 2. The monoisotopic (exact) mass is 345 g/mol. The van der Waals surface area contributed by atoms with Gasteiger partial charge in [0, 0.05) is 6.54 Å². The third kappa shape index (κ3) is 5.59. The summed E-state index contributed by atoms with van der Waals surface area (Å²) in [4.78, 5) is 36.3. The van der Waals surface area contributed by atoms with Gasteiger partial charge >= 0.3 is 0 Å². The zero-order chi connectivity index (χ0) is 18.2. The zero-order valence-corrected chi connectivity index (χ0v) is 15.0. The fourth-order valence-corrected chi connectivity index (χ4v) is 2.82. The van der Waals surface area contributed by atoms with Gasteiger partial charge in [-0.1, -0.05) is 51.7 Å². The molecule has 0 aliphatic heterocycles. The van der Waals surface area contributed by atoms with E-state index in [4.69, 9.17) is 0 Å². The summed E-state index contributed by atoms with van der Waals surface area (Å²) < 4.78 is 1.07. The number of unbranched alkanes of at least 4 members (excludes halogenated alkanes) is 3. The van der Waals surface area contributed by atoms with E-state index in [2.05, 4.69) is 24.3 Å². The van der Waals surface area contributed by atoms with Gasteiger partial charge in [0.2, 0.25) is 5.91 Å². The van der Waals surface area contributed by atoms with Crippen LogP contribution in [0.4, 0.5) is 0 Å². The molecule has 1 amide bonds. The Hall–Kier alpha value is -2.37. The maximum absolute atomic E-state index is 12.3. The lowest BCUT2D eigenvalue weighted by molar-refractivity contribution is -0.121. The van der Waals surface area contributed by atoms with Crippen LogP contribution in [0.5, 0.6) is 0 Å². The Kier molecular flexibility index (Phi) is 6.98. The van der Waals surface area contributed by atoms with Crippen molar-refractivity contribution in [1.82, 2.24) is 15.1 Å². The molecule has 0 unspecified atom stereocenters.